The summed E-state index contributed by atoms with van der Waals surface area (Å²) in [6, 6.07) is 11.9. The van der Waals surface area contributed by atoms with Gasteiger partial charge in [-0.1, -0.05) is 18.2 Å². The number of aromatic nitrogens is 3. The second-order valence-electron chi connectivity index (χ2n) is 6.39. The molecule has 0 aliphatic heterocycles. The van der Waals surface area contributed by atoms with Crippen LogP contribution in [0.1, 0.15) is 20.2 Å². The van der Waals surface area contributed by atoms with E-state index in [-0.39, 0.29) is 5.91 Å². The van der Waals surface area contributed by atoms with Gasteiger partial charge in [-0.05, 0) is 32.0 Å². The Kier molecular flexibility index (Phi) is 4.45. The average Bonchev–Trinajstić information content (AvgIpc) is 3.28. The highest BCUT2D eigenvalue weighted by atomic mass is 32.1. The van der Waals surface area contributed by atoms with E-state index < -0.39 is 0 Å². The van der Waals surface area contributed by atoms with Crippen LogP contribution >= 0.6 is 22.7 Å². The van der Waals surface area contributed by atoms with Crippen molar-refractivity contribution >= 4 is 50.0 Å². The summed E-state index contributed by atoms with van der Waals surface area (Å²) in [5, 5.41) is 3.52. The zero-order valence-corrected chi connectivity index (χ0v) is 17.1. The van der Waals surface area contributed by atoms with Gasteiger partial charge < -0.3 is 4.90 Å². The Bertz CT molecular complexity index is 1100. The minimum atomic E-state index is -0.155. The number of imidazole rings is 1. The molecule has 0 aliphatic rings. The minimum absolute atomic E-state index is 0.155. The van der Waals surface area contributed by atoms with Gasteiger partial charge in [0.2, 0.25) is 5.95 Å². The molecule has 27 heavy (non-hydrogen) atoms. The van der Waals surface area contributed by atoms with Crippen molar-refractivity contribution < 1.29 is 4.79 Å². The van der Waals surface area contributed by atoms with Gasteiger partial charge in [-0.3, -0.25) is 14.7 Å². The number of benzene rings is 1. The van der Waals surface area contributed by atoms with Crippen LogP contribution in [-0.4, -0.2) is 34.5 Å². The van der Waals surface area contributed by atoms with E-state index >= 15 is 0 Å². The molecular weight excluding hydrogens is 378 g/mol. The number of aryl methyl sites for hydroxylation is 2. The second-order valence-corrected chi connectivity index (χ2v) is 8.63. The molecule has 6 nitrogen and oxygen atoms in total. The van der Waals surface area contributed by atoms with Crippen molar-refractivity contribution in [2.75, 3.05) is 24.3 Å². The van der Waals surface area contributed by atoms with Gasteiger partial charge in [0.1, 0.15) is 10.3 Å². The fourth-order valence-electron chi connectivity index (χ4n) is 2.77. The Hall–Kier alpha value is -2.71. The van der Waals surface area contributed by atoms with E-state index in [4.69, 9.17) is 4.98 Å². The number of hydrogen-bond donors (Lipinski definition) is 1. The smallest absolute Gasteiger partial charge is 0.267 e. The maximum absolute atomic E-state index is 12.7. The summed E-state index contributed by atoms with van der Waals surface area (Å²) in [5.74, 6) is 0.679. The van der Waals surface area contributed by atoms with E-state index in [9.17, 15) is 4.79 Å². The standard InChI is InChI=1S/C19H19N5OS2/c1-11-12(2)26-18(20-11)22-16(25)15-10-14-17(27-15)24(19(21-14)23(3)4)13-8-6-5-7-9-13/h5-10H,1-4H3,(H,20,22,25). The number of fused-ring (bicyclic) bond motifs is 1. The molecule has 1 aromatic carbocycles. The van der Waals surface area contributed by atoms with Gasteiger partial charge in [0.15, 0.2) is 5.13 Å². The third kappa shape index (κ3) is 3.22. The normalized spacial score (nSPS) is 11.1. The van der Waals surface area contributed by atoms with E-state index in [1.807, 2.05) is 69.2 Å². The van der Waals surface area contributed by atoms with Gasteiger partial charge in [0.25, 0.3) is 5.91 Å². The van der Waals surface area contributed by atoms with Crippen LogP contribution in [-0.2, 0) is 0 Å². The van der Waals surface area contributed by atoms with E-state index in [0.29, 0.717) is 10.0 Å². The van der Waals surface area contributed by atoms with Gasteiger partial charge in [-0.2, -0.15) is 0 Å². The number of amides is 1. The summed E-state index contributed by atoms with van der Waals surface area (Å²) in [6.45, 7) is 3.94. The summed E-state index contributed by atoms with van der Waals surface area (Å²) in [4.78, 5) is 26.4. The predicted octanol–water partition coefficient (Wildman–Crippen LogP) is 4.48. The molecule has 1 N–H and O–H groups in total. The quantitative estimate of drug-likeness (QED) is 0.551. The van der Waals surface area contributed by atoms with Crippen LogP contribution < -0.4 is 10.2 Å². The number of nitrogens with zero attached hydrogens (tertiary/aromatic N) is 4. The van der Waals surface area contributed by atoms with Crippen LogP contribution in [0.4, 0.5) is 11.1 Å². The second kappa shape index (κ2) is 6.79. The van der Waals surface area contributed by atoms with Crippen molar-refractivity contribution in [2.24, 2.45) is 0 Å². The fraction of sp³-hybridized carbons (Fsp3) is 0.211. The molecule has 0 atom stereocenters. The molecule has 0 fully saturated rings. The van der Waals surface area contributed by atoms with Gasteiger partial charge in [-0.25, -0.2) is 9.97 Å². The van der Waals surface area contributed by atoms with Crippen LogP contribution in [0.3, 0.4) is 0 Å². The Morgan fingerprint density at radius 2 is 1.85 bits per heavy atom. The van der Waals surface area contributed by atoms with Crippen LogP contribution in [0.15, 0.2) is 36.4 Å². The lowest BCUT2D eigenvalue weighted by Gasteiger charge is -2.14. The van der Waals surface area contributed by atoms with Crippen LogP contribution in [0.5, 0.6) is 0 Å². The van der Waals surface area contributed by atoms with Gasteiger partial charge in [-0.15, -0.1) is 22.7 Å². The van der Waals surface area contributed by atoms with Crippen molar-refractivity contribution in [3.05, 3.63) is 51.8 Å². The highest BCUT2D eigenvalue weighted by molar-refractivity contribution is 7.20. The van der Waals surface area contributed by atoms with Crippen molar-refractivity contribution in [3.8, 4) is 5.69 Å². The summed E-state index contributed by atoms with van der Waals surface area (Å²) >= 11 is 2.92. The van der Waals surface area contributed by atoms with Gasteiger partial charge in [0, 0.05) is 24.7 Å². The first kappa shape index (κ1) is 17.7. The lowest BCUT2D eigenvalue weighted by atomic mass is 10.3. The zero-order chi connectivity index (χ0) is 19.1. The number of anilines is 2. The molecule has 0 unspecified atom stereocenters. The number of para-hydroxylation sites is 1. The molecule has 4 aromatic rings. The fourth-order valence-corrected chi connectivity index (χ4v) is 4.59. The van der Waals surface area contributed by atoms with E-state index in [1.54, 1.807) is 0 Å². The molecular formula is C19H19N5OS2. The molecule has 0 radical (unpaired) electrons. The lowest BCUT2D eigenvalue weighted by Crippen LogP contribution is -2.14. The molecule has 138 valence electrons. The zero-order valence-electron chi connectivity index (χ0n) is 15.5. The Morgan fingerprint density at radius 3 is 2.48 bits per heavy atom. The molecule has 0 spiro atoms. The third-order valence-corrected chi connectivity index (χ3v) is 6.30. The molecule has 0 bridgehead atoms. The van der Waals surface area contributed by atoms with Crippen molar-refractivity contribution in [1.82, 2.24) is 14.5 Å². The predicted molar refractivity (Wildman–Crippen MR) is 113 cm³/mol. The average molecular weight is 398 g/mol. The van der Waals surface area contributed by atoms with Crippen molar-refractivity contribution in [1.29, 1.82) is 0 Å². The number of rotatable bonds is 4. The largest absolute Gasteiger partial charge is 0.348 e. The molecule has 4 rings (SSSR count). The van der Waals surface area contributed by atoms with E-state index in [0.717, 1.165) is 32.6 Å². The lowest BCUT2D eigenvalue weighted by molar-refractivity contribution is 0.103. The summed E-state index contributed by atoms with van der Waals surface area (Å²) in [5.41, 5.74) is 2.77. The van der Waals surface area contributed by atoms with Crippen molar-refractivity contribution in [2.45, 2.75) is 13.8 Å². The summed E-state index contributed by atoms with van der Waals surface area (Å²) in [7, 11) is 3.93. The SMILES string of the molecule is Cc1nc(NC(=O)c2cc3nc(N(C)C)n(-c4ccccc4)c3s2)sc1C. The van der Waals surface area contributed by atoms with Crippen molar-refractivity contribution in [3.63, 3.8) is 0 Å². The molecule has 3 heterocycles. The number of thiazole rings is 1. The highest BCUT2D eigenvalue weighted by Gasteiger charge is 2.20. The number of nitrogens with one attached hydrogen (secondary N) is 1. The first-order valence-corrected chi connectivity index (χ1v) is 10.1. The molecule has 0 saturated carbocycles. The molecule has 0 aliphatic carbocycles. The number of carbonyl (C=O) groups excluding carboxylic acids is 1. The van der Waals surface area contributed by atoms with Gasteiger partial charge >= 0.3 is 0 Å². The Morgan fingerprint density at radius 1 is 1.11 bits per heavy atom. The summed E-state index contributed by atoms with van der Waals surface area (Å²) < 4.78 is 2.08. The molecule has 8 heteroatoms. The maximum atomic E-state index is 12.7. The highest BCUT2D eigenvalue weighted by Crippen LogP contribution is 2.33. The molecule has 1 amide bonds. The number of thiophene rings is 1. The minimum Gasteiger partial charge on any atom is -0.348 e. The van der Waals surface area contributed by atoms with Crippen LogP contribution in [0, 0.1) is 13.8 Å². The number of hydrogen-bond acceptors (Lipinski definition) is 6. The van der Waals surface area contributed by atoms with Crippen LogP contribution in [0.25, 0.3) is 16.0 Å². The van der Waals surface area contributed by atoms with E-state index in [1.165, 1.54) is 22.7 Å². The maximum Gasteiger partial charge on any atom is 0.267 e. The first-order valence-electron chi connectivity index (χ1n) is 8.44. The van der Waals surface area contributed by atoms with E-state index in [2.05, 4.69) is 14.9 Å². The topological polar surface area (TPSA) is 63.1 Å². The Balaban J connectivity index is 1.74. The first-order chi connectivity index (χ1) is 12.9. The monoisotopic (exact) mass is 397 g/mol. The van der Waals surface area contributed by atoms with Gasteiger partial charge in [0.05, 0.1) is 10.6 Å². The third-order valence-electron chi connectivity index (χ3n) is 4.20. The van der Waals surface area contributed by atoms with Crippen LogP contribution in [0.2, 0.25) is 0 Å². The Labute approximate surface area is 165 Å². The molecule has 0 saturated heterocycles. The number of carbonyl (C=O) groups is 1. The molecule has 3 aromatic heterocycles. The summed E-state index contributed by atoms with van der Waals surface area (Å²) in [6.07, 6.45) is 0.